The molecule has 1 rings (SSSR count). The summed E-state index contributed by atoms with van der Waals surface area (Å²) < 4.78 is 22.3. The lowest BCUT2D eigenvalue weighted by Gasteiger charge is -2.32. The Morgan fingerprint density at radius 3 is 2.36 bits per heavy atom. The van der Waals surface area contributed by atoms with Crippen molar-refractivity contribution in [1.29, 1.82) is 0 Å². The molecule has 1 aliphatic rings. The first-order chi connectivity index (χ1) is 4.85. The highest BCUT2D eigenvalue weighted by Gasteiger charge is 2.39. The van der Waals surface area contributed by atoms with Gasteiger partial charge in [0, 0.05) is 6.04 Å². The molecule has 0 bridgehead atoms. The Hall–Kier alpha value is -0.0900. The molecular formula is C7H15NO2S. The lowest BCUT2D eigenvalue weighted by atomic mass is 10.0. The quantitative estimate of drug-likeness (QED) is 0.579. The molecule has 0 aromatic carbocycles. The summed E-state index contributed by atoms with van der Waals surface area (Å²) in [6.07, 6.45) is 1.52. The Bertz CT molecular complexity index is 243. The smallest absolute Gasteiger partial charge is 0.156 e. The van der Waals surface area contributed by atoms with Gasteiger partial charge in [-0.25, -0.2) is 8.42 Å². The molecule has 2 N–H and O–H groups in total. The monoisotopic (exact) mass is 177 g/mol. The minimum atomic E-state index is -2.94. The van der Waals surface area contributed by atoms with Crippen LogP contribution in [0.5, 0.6) is 0 Å². The fourth-order valence-corrected chi connectivity index (χ4v) is 2.89. The van der Waals surface area contributed by atoms with Crippen LogP contribution in [0.25, 0.3) is 0 Å². The van der Waals surface area contributed by atoms with Gasteiger partial charge in [-0.15, -0.1) is 0 Å². The van der Waals surface area contributed by atoms with Gasteiger partial charge in [0.15, 0.2) is 9.84 Å². The summed E-state index contributed by atoms with van der Waals surface area (Å²) in [5.41, 5.74) is 5.55. The minimum absolute atomic E-state index is 0.145. The fourth-order valence-electron chi connectivity index (χ4n) is 1.28. The summed E-state index contributed by atoms with van der Waals surface area (Å²) in [4.78, 5) is 0. The maximum absolute atomic E-state index is 11.4. The van der Waals surface area contributed by atoms with Crippen molar-refractivity contribution in [2.75, 3.05) is 5.75 Å². The zero-order valence-corrected chi connectivity index (χ0v) is 7.82. The molecule has 0 aromatic heterocycles. The highest BCUT2D eigenvalue weighted by Crippen LogP contribution is 2.29. The second kappa shape index (κ2) is 2.45. The van der Waals surface area contributed by atoms with Gasteiger partial charge >= 0.3 is 0 Å². The zero-order chi connectivity index (χ0) is 8.70. The fraction of sp³-hybridized carbons (Fsp3) is 1.00. The zero-order valence-electron chi connectivity index (χ0n) is 7.00. The van der Waals surface area contributed by atoms with Crippen LogP contribution in [-0.2, 0) is 9.84 Å². The molecule has 0 spiro atoms. The van der Waals surface area contributed by atoms with Crippen molar-refractivity contribution in [2.45, 2.75) is 37.5 Å². The molecule has 0 aliphatic carbocycles. The highest BCUT2D eigenvalue weighted by molar-refractivity contribution is 7.92. The number of nitrogens with two attached hydrogens (primary N) is 1. The van der Waals surface area contributed by atoms with Crippen molar-refractivity contribution < 1.29 is 8.42 Å². The summed E-state index contributed by atoms with van der Waals surface area (Å²) in [6.45, 7) is 3.54. The van der Waals surface area contributed by atoms with E-state index in [-0.39, 0.29) is 11.8 Å². The first-order valence-corrected chi connectivity index (χ1v) is 5.48. The van der Waals surface area contributed by atoms with Crippen LogP contribution in [0, 0.1) is 0 Å². The van der Waals surface area contributed by atoms with Gasteiger partial charge in [0.05, 0.1) is 10.5 Å². The van der Waals surface area contributed by atoms with Crippen LogP contribution in [0.4, 0.5) is 0 Å². The molecule has 4 heteroatoms. The van der Waals surface area contributed by atoms with E-state index in [1.807, 2.05) is 0 Å². The van der Waals surface area contributed by atoms with Gasteiger partial charge < -0.3 is 5.73 Å². The molecule has 1 atom stereocenters. The van der Waals surface area contributed by atoms with E-state index in [2.05, 4.69) is 0 Å². The Kier molecular flexibility index (Phi) is 2.01. The van der Waals surface area contributed by atoms with Crippen LogP contribution in [0.2, 0.25) is 0 Å². The van der Waals surface area contributed by atoms with Gasteiger partial charge in [-0.2, -0.15) is 0 Å². The Morgan fingerprint density at radius 2 is 2.00 bits per heavy atom. The van der Waals surface area contributed by atoms with E-state index in [0.717, 1.165) is 6.42 Å². The van der Waals surface area contributed by atoms with Crippen molar-refractivity contribution in [3.05, 3.63) is 0 Å². The molecule has 0 saturated carbocycles. The van der Waals surface area contributed by atoms with Crippen LogP contribution in [-0.4, -0.2) is 25.0 Å². The molecular weight excluding hydrogens is 162 g/mol. The molecule has 1 heterocycles. The molecule has 11 heavy (non-hydrogen) atoms. The first kappa shape index (κ1) is 9.00. The first-order valence-electron chi connectivity index (χ1n) is 3.83. The molecule has 0 radical (unpaired) electrons. The maximum Gasteiger partial charge on any atom is 0.156 e. The van der Waals surface area contributed by atoms with Crippen molar-refractivity contribution in [3.8, 4) is 0 Å². The predicted molar refractivity (Wildman–Crippen MR) is 45.1 cm³/mol. The van der Waals surface area contributed by atoms with Crippen LogP contribution < -0.4 is 5.73 Å². The van der Waals surface area contributed by atoms with Gasteiger partial charge in [-0.1, -0.05) is 0 Å². The van der Waals surface area contributed by atoms with E-state index >= 15 is 0 Å². The largest absolute Gasteiger partial charge is 0.327 e. The molecule has 66 valence electrons. The molecule has 0 aromatic rings. The standard InChI is InChI=1S/C7H15NO2S/c1-7(2)4-3-6(8)5-11(7,9)10/h6H,3-5,8H2,1-2H3. The lowest BCUT2D eigenvalue weighted by molar-refractivity contribution is 0.462. The molecule has 1 aliphatic heterocycles. The molecule has 1 saturated heterocycles. The number of hydrogen-bond donors (Lipinski definition) is 1. The second-order valence-electron chi connectivity index (χ2n) is 3.84. The van der Waals surface area contributed by atoms with Crippen molar-refractivity contribution in [3.63, 3.8) is 0 Å². The number of sulfone groups is 1. The van der Waals surface area contributed by atoms with E-state index in [4.69, 9.17) is 5.73 Å². The maximum atomic E-state index is 11.4. The predicted octanol–water partition coefficient (Wildman–Crippen LogP) is 0.301. The van der Waals surface area contributed by atoms with E-state index < -0.39 is 14.6 Å². The van der Waals surface area contributed by atoms with E-state index in [1.54, 1.807) is 13.8 Å². The lowest BCUT2D eigenvalue weighted by Crippen LogP contribution is -2.46. The van der Waals surface area contributed by atoms with Crippen molar-refractivity contribution >= 4 is 9.84 Å². The van der Waals surface area contributed by atoms with Gasteiger partial charge in [0.25, 0.3) is 0 Å². The number of rotatable bonds is 0. The third-order valence-electron chi connectivity index (χ3n) is 2.39. The van der Waals surface area contributed by atoms with Crippen LogP contribution in [0.15, 0.2) is 0 Å². The minimum Gasteiger partial charge on any atom is -0.327 e. The third kappa shape index (κ3) is 1.56. The van der Waals surface area contributed by atoms with Crippen LogP contribution in [0.3, 0.4) is 0 Å². The summed E-state index contributed by atoms with van der Waals surface area (Å²) in [7, 11) is -2.94. The second-order valence-corrected chi connectivity index (χ2v) is 6.51. The van der Waals surface area contributed by atoms with Crippen molar-refractivity contribution in [1.82, 2.24) is 0 Å². The van der Waals surface area contributed by atoms with E-state index in [1.165, 1.54) is 0 Å². The third-order valence-corrected chi connectivity index (χ3v) is 5.15. The van der Waals surface area contributed by atoms with Crippen LogP contribution >= 0.6 is 0 Å². The molecule has 3 nitrogen and oxygen atoms in total. The van der Waals surface area contributed by atoms with Gasteiger partial charge in [0.1, 0.15) is 0 Å². The highest BCUT2D eigenvalue weighted by atomic mass is 32.2. The van der Waals surface area contributed by atoms with Crippen molar-refractivity contribution in [2.24, 2.45) is 5.73 Å². The van der Waals surface area contributed by atoms with Gasteiger partial charge in [-0.3, -0.25) is 0 Å². The topological polar surface area (TPSA) is 60.2 Å². The SMILES string of the molecule is CC1(C)CCC(N)CS1(=O)=O. The average Bonchev–Trinajstić information content (AvgIpc) is 1.80. The Labute approximate surface area is 67.9 Å². The van der Waals surface area contributed by atoms with E-state index in [0.29, 0.717) is 6.42 Å². The normalized spacial score (nSPS) is 35.0. The summed E-state index contributed by atoms with van der Waals surface area (Å²) in [5.74, 6) is 0.153. The Morgan fingerprint density at radius 1 is 1.45 bits per heavy atom. The van der Waals surface area contributed by atoms with Gasteiger partial charge in [-0.05, 0) is 26.7 Å². The molecule has 0 amide bonds. The number of hydrogen-bond acceptors (Lipinski definition) is 3. The van der Waals surface area contributed by atoms with Crippen LogP contribution in [0.1, 0.15) is 26.7 Å². The Balaban J connectivity index is 2.91. The summed E-state index contributed by atoms with van der Waals surface area (Å²) in [5, 5.41) is 0. The molecule has 1 fully saturated rings. The van der Waals surface area contributed by atoms with Gasteiger partial charge in [0.2, 0.25) is 0 Å². The van der Waals surface area contributed by atoms with E-state index in [9.17, 15) is 8.42 Å². The summed E-state index contributed by atoms with van der Waals surface area (Å²) in [6, 6.07) is -0.145. The molecule has 1 unspecified atom stereocenters. The average molecular weight is 177 g/mol. The summed E-state index contributed by atoms with van der Waals surface area (Å²) >= 11 is 0.